The number of ether oxygens (including phenoxy) is 3. The third kappa shape index (κ3) is 29.4. The number of rotatable bonds is 32. The van der Waals surface area contributed by atoms with Gasteiger partial charge in [0, 0.05) is 19.3 Å². The summed E-state index contributed by atoms with van der Waals surface area (Å²) in [6.45, 7) is 4.55. The summed E-state index contributed by atoms with van der Waals surface area (Å²) in [5, 5.41) is 9.56. The highest BCUT2D eigenvalue weighted by molar-refractivity contribution is 5.72. The molecule has 0 saturated carbocycles. The van der Waals surface area contributed by atoms with Gasteiger partial charge in [0.1, 0.15) is 6.61 Å². The van der Waals surface area contributed by atoms with E-state index < -0.39 is 18.1 Å². The van der Waals surface area contributed by atoms with Gasteiger partial charge in [0.05, 0.1) is 34.4 Å². The molecule has 2 atom stereocenters. The minimum atomic E-state index is -0.889. The van der Waals surface area contributed by atoms with E-state index in [1.54, 1.807) is 0 Å². The minimum Gasteiger partial charge on any atom is -0.477 e. The van der Waals surface area contributed by atoms with Crippen LogP contribution in [0.15, 0.2) is 48.6 Å². The summed E-state index contributed by atoms with van der Waals surface area (Å²) < 4.78 is 17.1. The monoisotopic (exact) mass is 677 g/mol. The van der Waals surface area contributed by atoms with Crippen LogP contribution in [0.2, 0.25) is 0 Å². The highest BCUT2D eigenvalue weighted by Gasteiger charge is 2.31. The van der Waals surface area contributed by atoms with E-state index in [0.29, 0.717) is 12.8 Å². The molecule has 0 aromatic carbocycles. The lowest BCUT2D eigenvalue weighted by atomic mass is 10.1. The molecule has 276 valence electrons. The van der Waals surface area contributed by atoms with Crippen LogP contribution in [0.1, 0.15) is 136 Å². The Kier molecular flexibility index (Phi) is 29.8. The van der Waals surface area contributed by atoms with Crippen molar-refractivity contribution < 1.29 is 38.2 Å². The molecule has 0 aliphatic carbocycles. The zero-order chi connectivity index (χ0) is 35.7. The molecule has 0 spiro atoms. The van der Waals surface area contributed by atoms with Crippen molar-refractivity contribution in [2.24, 2.45) is 0 Å². The fourth-order valence-electron chi connectivity index (χ4n) is 5.00. The molecular weight excluding hydrogens is 606 g/mol. The van der Waals surface area contributed by atoms with E-state index in [0.717, 1.165) is 44.9 Å². The summed E-state index contributed by atoms with van der Waals surface area (Å²) in [6.07, 6.45) is 34.6. The van der Waals surface area contributed by atoms with Crippen LogP contribution >= 0.6 is 0 Å². The van der Waals surface area contributed by atoms with E-state index >= 15 is 0 Å². The molecule has 0 fully saturated rings. The Balaban J connectivity index is 4.57. The fourth-order valence-corrected chi connectivity index (χ4v) is 5.00. The maximum atomic E-state index is 12.6. The molecule has 0 aliphatic rings. The first-order chi connectivity index (χ1) is 23.1. The molecule has 0 aliphatic heterocycles. The Labute approximate surface area is 293 Å². The zero-order valence-corrected chi connectivity index (χ0v) is 31.2. The molecule has 2 unspecified atom stereocenters. The third-order valence-corrected chi connectivity index (χ3v) is 7.99. The van der Waals surface area contributed by atoms with E-state index in [9.17, 15) is 19.5 Å². The number of likely N-dealkylation sites (N-methyl/N-ethyl adjacent to an activating group) is 1. The third-order valence-electron chi connectivity index (χ3n) is 7.99. The molecule has 0 radical (unpaired) electrons. The topological polar surface area (TPSA) is 99.1 Å². The summed E-state index contributed by atoms with van der Waals surface area (Å²) in [6, 6.07) is -0.625. The van der Waals surface area contributed by atoms with Crippen LogP contribution < -0.4 is 0 Å². The average molecular weight is 677 g/mol. The van der Waals surface area contributed by atoms with Crippen LogP contribution in [-0.4, -0.2) is 80.6 Å². The second-order valence-electron chi connectivity index (χ2n) is 13.5. The number of hydrogen-bond acceptors (Lipinski definition) is 6. The lowest BCUT2D eigenvalue weighted by Crippen LogP contribution is -2.50. The van der Waals surface area contributed by atoms with Gasteiger partial charge in [0.15, 0.2) is 12.1 Å². The predicted molar refractivity (Wildman–Crippen MR) is 197 cm³/mol. The summed E-state index contributed by atoms with van der Waals surface area (Å²) in [7, 11) is 5.48. The normalized spacial score (nSPS) is 13.6. The van der Waals surface area contributed by atoms with Crippen LogP contribution in [-0.2, 0) is 28.6 Å². The van der Waals surface area contributed by atoms with Crippen LogP contribution in [0, 0.1) is 0 Å². The molecular formula is C40H70NO7+. The second-order valence-corrected chi connectivity index (χ2v) is 13.5. The predicted octanol–water partition coefficient (Wildman–Crippen LogP) is 9.29. The number of allylic oxidation sites excluding steroid dienone is 8. The molecule has 8 nitrogen and oxygen atoms in total. The molecule has 0 aromatic rings. The van der Waals surface area contributed by atoms with Gasteiger partial charge in [-0.05, 0) is 51.4 Å². The average Bonchev–Trinajstić information content (AvgIpc) is 3.03. The van der Waals surface area contributed by atoms with Gasteiger partial charge < -0.3 is 23.8 Å². The standard InChI is InChI=1S/C40H69NO7/c1-6-8-10-12-14-16-18-19-21-22-24-26-28-30-38(42)47-35-36(34-46-33-32-37(40(44)45)41(3,4)5)48-39(43)31-29-27-25-23-20-17-15-13-11-9-7-2/h13,15,17,19-21,24,26,36-37H,6-12,14,16,18,22-23,25,27-35H2,1-5H3/p+1/b15-13+,20-17+,21-19+,26-24+. The van der Waals surface area contributed by atoms with Gasteiger partial charge in [0.25, 0.3) is 0 Å². The zero-order valence-electron chi connectivity index (χ0n) is 31.2. The Morgan fingerprint density at radius 1 is 0.646 bits per heavy atom. The first-order valence-corrected chi connectivity index (χ1v) is 18.7. The van der Waals surface area contributed by atoms with Crippen molar-refractivity contribution in [2.75, 3.05) is 41.0 Å². The van der Waals surface area contributed by atoms with Crippen molar-refractivity contribution >= 4 is 17.9 Å². The van der Waals surface area contributed by atoms with Gasteiger partial charge in [-0.3, -0.25) is 9.59 Å². The van der Waals surface area contributed by atoms with E-state index in [1.807, 2.05) is 27.2 Å². The van der Waals surface area contributed by atoms with Gasteiger partial charge in [-0.2, -0.15) is 0 Å². The van der Waals surface area contributed by atoms with Crippen LogP contribution in [0.3, 0.4) is 0 Å². The Hall–Kier alpha value is -2.71. The quantitative estimate of drug-likeness (QED) is 0.0249. The van der Waals surface area contributed by atoms with E-state index in [-0.39, 0.29) is 49.1 Å². The van der Waals surface area contributed by atoms with Gasteiger partial charge in [0.2, 0.25) is 0 Å². The molecule has 0 aromatic heterocycles. The van der Waals surface area contributed by atoms with Gasteiger partial charge in [-0.15, -0.1) is 0 Å². The molecule has 0 saturated heterocycles. The van der Waals surface area contributed by atoms with E-state index in [4.69, 9.17) is 14.2 Å². The van der Waals surface area contributed by atoms with Crippen molar-refractivity contribution in [2.45, 2.75) is 148 Å². The maximum Gasteiger partial charge on any atom is 0.362 e. The van der Waals surface area contributed by atoms with Crippen LogP contribution in [0.4, 0.5) is 0 Å². The molecule has 8 heteroatoms. The van der Waals surface area contributed by atoms with E-state index in [2.05, 4.69) is 56.4 Å². The summed E-state index contributed by atoms with van der Waals surface area (Å²) in [5.74, 6) is -1.60. The number of nitrogens with zero attached hydrogens (tertiary/aromatic N) is 1. The smallest absolute Gasteiger partial charge is 0.362 e. The molecule has 0 bridgehead atoms. The molecule has 0 heterocycles. The SMILES string of the molecule is CCCC/C=C/C=C/CCCCCC(=O)OC(COCCC(C(=O)O)[N+](C)(C)C)COC(=O)CC/C=C/C/C=C/CCCCCCCC. The molecule has 48 heavy (non-hydrogen) atoms. The lowest BCUT2D eigenvalue weighted by molar-refractivity contribution is -0.887. The van der Waals surface area contributed by atoms with Gasteiger partial charge in [-0.1, -0.05) is 114 Å². The van der Waals surface area contributed by atoms with Crippen molar-refractivity contribution in [3.05, 3.63) is 48.6 Å². The second kappa shape index (κ2) is 31.6. The van der Waals surface area contributed by atoms with E-state index in [1.165, 1.54) is 51.4 Å². The molecule has 0 amide bonds. The minimum absolute atomic E-state index is 0.0318. The fraction of sp³-hybridized carbons (Fsp3) is 0.725. The highest BCUT2D eigenvalue weighted by Crippen LogP contribution is 2.11. The lowest BCUT2D eigenvalue weighted by Gasteiger charge is -2.31. The number of unbranched alkanes of at least 4 members (excludes halogenated alkanes) is 11. The number of hydrogen-bond donors (Lipinski definition) is 1. The summed E-state index contributed by atoms with van der Waals surface area (Å²) in [5.41, 5.74) is 0. The van der Waals surface area contributed by atoms with Crippen LogP contribution in [0.25, 0.3) is 0 Å². The first kappa shape index (κ1) is 45.3. The Morgan fingerprint density at radius 3 is 1.88 bits per heavy atom. The molecule has 1 N–H and O–H groups in total. The van der Waals surface area contributed by atoms with Crippen molar-refractivity contribution in [1.29, 1.82) is 0 Å². The Bertz CT molecular complexity index is 932. The summed E-state index contributed by atoms with van der Waals surface area (Å²) >= 11 is 0. The maximum absolute atomic E-state index is 12.6. The van der Waals surface area contributed by atoms with Crippen molar-refractivity contribution in [3.63, 3.8) is 0 Å². The number of carbonyl (C=O) groups is 3. The van der Waals surface area contributed by atoms with Crippen LogP contribution in [0.5, 0.6) is 0 Å². The largest absolute Gasteiger partial charge is 0.477 e. The number of aliphatic carboxylic acids is 1. The van der Waals surface area contributed by atoms with Crippen molar-refractivity contribution in [3.8, 4) is 0 Å². The number of quaternary nitrogens is 1. The Morgan fingerprint density at radius 2 is 1.23 bits per heavy atom. The van der Waals surface area contributed by atoms with Gasteiger partial charge >= 0.3 is 17.9 Å². The van der Waals surface area contributed by atoms with Crippen molar-refractivity contribution in [1.82, 2.24) is 0 Å². The van der Waals surface area contributed by atoms with Gasteiger partial charge in [-0.25, -0.2) is 4.79 Å². The highest BCUT2D eigenvalue weighted by atomic mass is 16.6. The number of carboxylic acids is 1. The summed E-state index contributed by atoms with van der Waals surface area (Å²) in [4.78, 5) is 36.7. The molecule has 0 rings (SSSR count). The first-order valence-electron chi connectivity index (χ1n) is 18.7. The number of carbonyl (C=O) groups excluding carboxylic acids is 2. The number of carboxylic acid groups (broad SMARTS) is 1. The number of esters is 2.